The summed E-state index contributed by atoms with van der Waals surface area (Å²) in [7, 11) is 2.22. The van der Waals surface area contributed by atoms with Crippen molar-refractivity contribution in [3.05, 3.63) is 0 Å². The average Bonchev–Trinajstić information content (AvgIpc) is 2.46. The zero-order chi connectivity index (χ0) is 10.2. The zero-order valence-electron chi connectivity index (χ0n) is 9.08. The Morgan fingerprint density at radius 2 is 2.07 bits per heavy atom. The number of nitrogens with zero attached hydrogens (tertiary/aromatic N) is 1. The predicted molar refractivity (Wildman–Crippen MR) is 57.0 cm³/mol. The van der Waals surface area contributed by atoms with Crippen molar-refractivity contribution in [2.45, 2.75) is 56.1 Å². The minimum absolute atomic E-state index is 0.141. The lowest BCUT2D eigenvalue weighted by Crippen LogP contribution is -2.46. The topological polar surface area (TPSA) is 49.5 Å². The third-order valence-electron chi connectivity index (χ3n) is 4.16. The highest BCUT2D eigenvalue weighted by molar-refractivity contribution is 4.98. The molecule has 2 rings (SSSR count). The van der Waals surface area contributed by atoms with E-state index < -0.39 is 0 Å². The normalized spacial score (nSPS) is 39.0. The largest absolute Gasteiger partial charge is 0.394 e. The number of nitrogens with two attached hydrogens (primary N) is 1. The monoisotopic (exact) mass is 198 g/mol. The highest BCUT2D eigenvalue weighted by atomic mass is 16.3. The van der Waals surface area contributed by atoms with E-state index in [1.54, 1.807) is 0 Å². The summed E-state index contributed by atoms with van der Waals surface area (Å²) in [5.41, 5.74) is 5.78. The Hall–Kier alpha value is -0.120. The lowest BCUT2D eigenvalue weighted by atomic mass is 9.90. The lowest BCUT2D eigenvalue weighted by Gasteiger charge is -2.39. The summed E-state index contributed by atoms with van der Waals surface area (Å²) in [6, 6.07) is 1.40. The van der Waals surface area contributed by atoms with E-state index in [1.807, 2.05) is 0 Å². The lowest BCUT2D eigenvalue weighted by molar-refractivity contribution is 0.104. The minimum atomic E-state index is -0.289. The predicted octanol–water partition coefficient (Wildman–Crippen LogP) is 0.713. The van der Waals surface area contributed by atoms with Crippen LogP contribution in [-0.4, -0.2) is 41.3 Å². The Labute approximate surface area is 86.3 Å². The molecule has 3 N–H and O–H groups in total. The summed E-state index contributed by atoms with van der Waals surface area (Å²) in [6.07, 6.45) is 7.19. The zero-order valence-corrected chi connectivity index (χ0v) is 9.08. The molecule has 0 saturated heterocycles. The molecule has 2 fully saturated rings. The number of rotatable bonds is 3. The van der Waals surface area contributed by atoms with Gasteiger partial charge in [0.15, 0.2) is 0 Å². The molecule has 0 bridgehead atoms. The van der Waals surface area contributed by atoms with Crippen molar-refractivity contribution in [3.8, 4) is 0 Å². The van der Waals surface area contributed by atoms with E-state index in [0.29, 0.717) is 6.04 Å². The number of aliphatic hydroxyl groups excluding tert-OH is 1. The van der Waals surface area contributed by atoms with E-state index in [-0.39, 0.29) is 12.1 Å². The van der Waals surface area contributed by atoms with Crippen molar-refractivity contribution >= 4 is 0 Å². The van der Waals surface area contributed by atoms with Gasteiger partial charge >= 0.3 is 0 Å². The first-order valence-corrected chi connectivity index (χ1v) is 5.76. The van der Waals surface area contributed by atoms with Crippen LogP contribution in [0.1, 0.15) is 38.5 Å². The van der Waals surface area contributed by atoms with Crippen LogP contribution in [0.25, 0.3) is 0 Å². The first-order chi connectivity index (χ1) is 6.64. The van der Waals surface area contributed by atoms with Gasteiger partial charge < -0.3 is 15.7 Å². The van der Waals surface area contributed by atoms with Gasteiger partial charge in [-0.15, -0.1) is 0 Å². The fourth-order valence-corrected chi connectivity index (χ4v) is 2.71. The van der Waals surface area contributed by atoms with Crippen LogP contribution in [0.4, 0.5) is 0 Å². The van der Waals surface area contributed by atoms with E-state index in [2.05, 4.69) is 11.9 Å². The van der Waals surface area contributed by atoms with Crippen LogP contribution in [-0.2, 0) is 0 Å². The van der Waals surface area contributed by atoms with Crippen molar-refractivity contribution in [2.75, 3.05) is 13.7 Å². The number of hydrogen-bond acceptors (Lipinski definition) is 3. The van der Waals surface area contributed by atoms with Crippen LogP contribution in [0, 0.1) is 0 Å². The Morgan fingerprint density at radius 3 is 2.50 bits per heavy atom. The van der Waals surface area contributed by atoms with Crippen LogP contribution in [0.2, 0.25) is 0 Å². The summed E-state index contributed by atoms with van der Waals surface area (Å²) in [5.74, 6) is 0. The van der Waals surface area contributed by atoms with Gasteiger partial charge in [0, 0.05) is 17.6 Å². The molecular weight excluding hydrogens is 176 g/mol. The Bertz CT molecular complexity index is 205. The molecule has 0 radical (unpaired) electrons. The molecule has 0 aliphatic heterocycles. The molecule has 14 heavy (non-hydrogen) atoms. The SMILES string of the molecule is CN(C1CCC1)C1CCC(N)(CO)C1. The molecule has 0 aromatic rings. The first kappa shape index (κ1) is 10.4. The van der Waals surface area contributed by atoms with Crippen molar-refractivity contribution < 1.29 is 5.11 Å². The molecule has 2 atom stereocenters. The molecule has 0 heterocycles. The Balaban J connectivity index is 1.88. The van der Waals surface area contributed by atoms with Gasteiger partial charge in [-0.2, -0.15) is 0 Å². The molecule has 82 valence electrons. The quantitative estimate of drug-likeness (QED) is 0.702. The standard InChI is InChI=1S/C11H22N2O/c1-13(9-3-2-4-9)10-5-6-11(12,7-10)8-14/h9-10,14H,2-8,12H2,1H3. The van der Waals surface area contributed by atoms with Crippen molar-refractivity contribution in [2.24, 2.45) is 5.73 Å². The summed E-state index contributed by atoms with van der Waals surface area (Å²) in [4.78, 5) is 2.49. The van der Waals surface area contributed by atoms with Gasteiger partial charge in [0.1, 0.15) is 0 Å². The molecule has 0 aromatic heterocycles. The summed E-state index contributed by atoms with van der Waals surface area (Å²) >= 11 is 0. The number of aliphatic hydroxyl groups is 1. The third kappa shape index (κ3) is 1.81. The van der Waals surface area contributed by atoms with Gasteiger partial charge in [0.2, 0.25) is 0 Å². The maximum Gasteiger partial charge on any atom is 0.0611 e. The van der Waals surface area contributed by atoms with E-state index in [4.69, 9.17) is 5.73 Å². The Morgan fingerprint density at radius 1 is 1.36 bits per heavy atom. The highest BCUT2D eigenvalue weighted by Gasteiger charge is 2.39. The second-order valence-electron chi connectivity index (χ2n) is 5.17. The Kier molecular flexibility index (Phi) is 2.82. The fourth-order valence-electron chi connectivity index (χ4n) is 2.71. The van der Waals surface area contributed by atoms with E-state index in [9.17, 15) is 5.11 Å². The second-order valence-corrected chi connectivity index (χ2v) is 5.17. The van der Waals surface area contributed by atoms with Crippen molar-refractivity contribution in [1.82, 2.24) is 4.90 Å². The van der Waals surface area contributed by atoms with Crippen LogP contribution >= 0.6 is 0 Å². The average molecular weight is 198 g/mol. The first-order valence-electron chi connectivity index (χ1n) is 5.76. The molecule has 0 amide bonds. The molecule has 2 aliphatic rings. The summed E-state index contributed by atoms with van der Waals surface area (Å²) < 4.78 is 0. The van der Waals surface area contributed by atoms with Gasteiger partial charge in [0.05, 0.1) is 6.61 Å². The third-order valence-corrected chi connectivity index (χ3v) is 4.16. The molecule has 3 nitrogen and oxygen atoms in total. The maximum atomic E-state index is 9.19. The van der Waals surface area contributed by atoms with Gasteiger partial charge in [-0.3, -0.25) is 0 Å². The van der Waals surface area contributed by atoms with Crippen molar-refractivity contribution in [3.63, 3.8) is 0 Å². The van der Waals surface area contributed by atoms with E-state index in [1.165, 1.54) is 19.3 Å². The van der Waals surface area contributed by atoms with E-state index >= 15 is 0 Å². The summed E-state index contributed by atoms with van der Waals surface area (Å²) in [6.45, 7) is 0.141. The van der Waals surface area contributed by atoms with Crippen LogP contribution < -0.4 is 5.73 Å². The van der Waals surface area contributed by atoms with Gasteiger partial charge in [-0.05, 0) is 39.2 Å². The molecule has 0 spiro atoms. The minimum Gasteiger partial charge on any atom is -0.394 e. The van der Waals surface area contributed by atoms with Crippen LogP contribution in [0.3, 0.4) is 0 Å². The molecule has 2 saturated carbocycles. The van der Waals surface area contributed by atoms with Crippen LogP contribution in [0.15, 0.2) is 0 Å². The molecule has 2 unspecified atom stereocenters. The fraction of sp³-hybridized carbons (Fsp3) is 1.00. The molecule has 3 heteroatoms. The second kappa shape index (κ2) is 3.80. The smallest absolute Gasteiger partial charge is 0.0611 e. The van der Waals surface area contributed by atoms with E-state index in [0.717, 1.165) is 25.3 Å². The molecular formula is C11H22N2O. The van der Waals surface area contributed by atoms with Gasteiger partial charge in [-0.25, -0.2) is 0 Å². The highest BCUT2D eigenvalue weighted by Crippen LogP contribution is 2.34. The number of hydrogen-bond donors (Lipinski definition) is 2. The maximum absolute atomic E-state index is 9.19. The van der Waals surface area contributed by atoms with Gasteiger partial charge in [0.25, 0.3) is 0 Å². The van der Waals surface area contributed by atoms with Gasteiger partial charge in [-0.1, -0.05) is 6.42 Å². The van der Waals surface area contributed by atoms with Crippen LogP contribution in [0.5, 0.6) is 0 Å². The molecule has 0 aromatic carbocycles. The van der Waals surface area contributed by atoms with Crippen molar-refractivity contribution in [1.29, 1.82) is 0 Å². The molecule has 2 aliphatic carbocycles. The summed E-state index contributed by atoms with van der Waals surface area (Å²) in [5, 5.41) is 9.19.